The molecule has 1 aromatic rings. The number of piperazine rings is 1. The molecule has 3 fully saturated rings. The van der Waals surface area contributed by atoms with Gasteiger partial charge >= 0.3 is 6.36 Å². The van der Waals surface area contributed by atoms with E-state index in [1.807, 2.05) is 0 Å². The van der Waals surface area contributed by atoms with E-state index >= 15 is 0 Å². The Morgan fingerprint density at radius 2 is 1.86 bits per heavy atom. The molecule has 3 heterocycles. The summed E-state index contributed by atoms with van der Waals surface area (Å²) in [5.41, 5.74) is 0.781. The van der Waals surface area contributed by atoms with Crippen molar-refractivity contribution in [2.24, 2.45) is 0 Å². The molecule has 1 aromatic carbocycles. The van der Waals surface area contributed by atoms with Crippen molar-refractivity contribution in [1.82, 2.24) is 15.1 Å². The lowest BCUT2D eigenvalue weighted by Crippen LogP contribution is -2.66. The summed E-state index contributed by atoms with van der Waals surface area (Å²) in [5, 5.41) is 14.4. The number of nitrogens with zero attached hydrogens (tertiary/aromatic N) is 2. The third-order valence-electron chi connectivity index (χ3n) is 5.79. The smallest absolute Gasteiger partial charge is 0.406 e. The first-order valence-corrected chi connectivity index (χ1v) is 9.76. The largest absolute Gasteiger partial charge is 0.573 e. The fourth-order valence-electron chi connectivity index (χ4n) is 4.21. The summed E-state index contributed by atoms with van der Waals surface area (Å²) in [7, 11) is 2.07. The molecule has 3 aliphatic rings. The maximum absolute atomic E-state index is 12.3. The van der Waals surface area contributed by atoms with Gasteiger partial charge < -0.3 is 29.5 Å². The van der Waals surface area contributed by atoms with Crippen molar-refractivity contribution in [3.05, 3.63) is 29.8 Å². The Morgan fingerprint density at radius 3 is 2.52 bits per heavy atom. The van der Waals surface area contributed by atoms with Gasteiger partial charge in [0.25, 0.3) is 0 Å². The SMILES string of the molecule is CN1CCN([C@@H]2[C@@H]3OC[C@H](O3)[C@@H](NCc3ccc(OC(F)(F)F)cc3)[C@@H]2O)CC1. The highest BCUT2D eigenvalue weighted by Gasteiger charge is 2.52. The quantitative estimate of drug-likeness (QED) is 0.734. The zero-order valence-corrected chi connectivity index (χ0v) is 16.1. The zero-order chi connectivity index (χ0) is 20.6. The number of nitrogens with one attached hydrogen (secondary N) is 1. The van der Waals surface area contributed by atoms with Crippen molar-refractivity contribution >= 4 is 0 Å². The predicted octanol–water partition coefficient (Wildman–Crippen LogP) is 0.775. The highest BCUT2D eigenvalue weighted by atomic mass is 19.4. The minimum Gasteiger partial charge on any atom is -0.406 e. The minimum atomic E-state index is -4.71. The molecule has 0 aromatic heterocycles. The van der Waals surface area contributed by atoms with Crippen molar-refractivity contribution in [3.8, 4) is 5.75 Å². The molecular formula is C19H26F3N3O4. The van der Waals surface area contributed by atoms with Crippen LogP contribution in [0.1, 0.15) is 5.56 Å². The van der Waals surface area contributed by atoms with Crippen molar-refractivity contribution in [2.75, 3.05) is 39.8 Å². The van der Waals surface area contributed by atoms with Crippen LogP contribution in [0.25, 0.3) is 0 Å². The summed E-state index contributed by atoms with van der Waals surface area (Å²) in [6.45, 7) is 4.29. The molecule has 0 saturated carbocycles. The van der Waals surface area contributed by atoms with E-state index in [1.165, 1.54) is 12.1 Å². The van der Waals surface area contributed by atoms with Gasteiger partial charge in [-0.15, -0.1) is 13.2 Å². The number of aliphatic hydroxyl groups excluding tert-OH is 1. The molecule has 2 N–H and O–H groups in total. The number of hydrogen-bond acceptors (Lipinski definition) is 7. The monoisotopic (exact) mass is 417 g/mol. The highest BCUT2D eigenvalue weighted by molar-refractivity contribution is 5.27. The lowest BCUT2D eigenvalue weighted by Gasteiger charge is -2.46. The number of rotatable bonds is 5. The van der Waals surface area contributed by atoms with Crippen LogP contribution in [0.4, 0.5) is 13.2 Å². The first-order chi connectivity index (χ1) is 13.8. The van der Waals surface area contributed by atoms with E-state index in [0.717, 1.165) is 31.7 Å². The maximum Gasteiger partial charge on any atom is 0.573 e. The van der Waals surface area contributed by atoms with Crippen LogP contribution in [-0.4, -0.2) is 91.7 Å². The van der Waals surface area contributed by atoms with Crippen LogP contribution < -0.4 is 10.1 Å². The lowest BCUT2D eigenvalue weighted by atomic mass is 9.94. The van der Waals surface area contributed by atoms with E-state index in [4.69, 9.17) is 9.47 Å². The summed E-state index contributed by atoms with van der Waals surface area (Å²) in [6, 6.07) is 5.11. The molecule has 3 saturated heterocycles. The van der Waals surface area contributed by atoms with Gasteiger partial charge in [-0.2, -0.15) is 0 Å². The number of benzene rings is 1. The topological polar surface area (TPSA) is 66.4 Å². The second-order valence-corrected chi connectivity index (χ2v) is 7.80. The molecular weight excluding hydrogens is 391 g/mol. The van der Waals surface area contributed by atoms with Crippen molar-refractivity contribution < 1.29 is 32.5 Å². The van der Waals surface area contributed by atoms with E-state index < -0.39 is 18.8 Å². The van der Waals surface area contributed by atoms with Crippen molar-refractivity contribution in [2.45, 2.75) is 43.5 Å². The van der Waals surface area contributed by atoms with E-state index in [1.54, 1.807) is 12.1 Å². The van der Waals surface area contributed by atoms with Crippen LogP contribution >= 0.6 is 0 Å². The summed E-state index contributed by atoms with van der Waals surface area (Å²) >= 11 is 0. The van der Waals surface area contributed by atoms with Gasteiger partial charge in [-0.1, -0.05) is 12.1 Å². The molecule has 0 aliphatic carbocycles. The molecule has 162 valence electrons. The van der Waals surface area contributed by atoms with Gasteiger partial charge in [0, 0.05) is 32.7 Å². The van der Waals surface area contributed by atoms with Crippen LogP contribution in [0.2, 0.25) is 0 Å². The third-order valence-corrected chi connectivity index (χ3v) is 5.79. The Hall–Kier alpha value is -1.43. The fraction of sp³-hybridized carbons (Fsp3) is 0.684. The molecule has 3 aliphatic heterocycles. The van der Waals surface area contributed by atoms with Crippen LogP contribution in [-0.2, 0) is 16.0 Å². The Bertz CT molecular complexity index is 682. The van der Waals surface area contributed by atoms with Gasteiger partial charge in [0.1, 0.15) is 11.9 Å². The molecule has 2 bridgehead atoms. The van der Waals surface area contributed by atoms with Crippen LogP contribution in [0.5, 0.6) is 5.75 Å². The summed E-state index contributed by atoms with van der Waals surface area (Å²) in [4.78, 5) is 4.46. The number of alkyl halides is 3. The molecule has 29 heavy (non-hydrogen) atoms. The van der Waals surface area contributed by atoms with Gasteiger partial charge in [-0.05, 0) is 24.7 Å². The third kappa shape index (κ3) is 4.84. The fourth-order valence-corrected chi connectivity index (χ4v) is 4.21. The first-order valence-electron chi connectivity index (χ1n) is 9.76. The molecule has 7 nitrogen and oxygen atoms in total. The second kappa shape index (κ2) is 8.37. The maximum atomic E-state index is 12.3. The Labute approximate surface area is 167 Å². The number of ether oxygens (including phenoxy) is 3. The Balaban J connectivity index is 1.38. The van der Waals surface area contributed by atoms with E-state index in [0.29, 0.717) is 13.2 Å². The number of likely N-dealkylation sites (N-methyl/N-ethyl adjacent to an activating group) is 1. The molecule has 0 spiro atoms. The van der Waals surface area contributed by atoms with E-state index in [9.17, 15) is 18.3 Å². The molecule has 5 atom stereocenters. The molecule has 0 amide bonds. The standard InChI is InChI=1S/C19H26F3N3O4/c1-24-6-8-25(9-7-24)16-17(26)15(14-11-27-18(16)28-14)23-10-12-2-4-13(5-3-12)29-19(20,21)22/h2-5,14-18,23,26H,6-11H2,1H3/t14-,15+,16-,17-,18+/m0/s1. The average Bonchev–Trinajstić information content (AvgIpc) is 3.08. The van der Waals surface area contributed by atoms with Crippen molar-refractivity contribution in [1.29, 1.82) is 0 Å². The molecule has 4 rings (SSSR count). The second-order valence-electron chi connectivity index (χ2n) is 7.80. The number of halogens is 3. The number of aliphatic hydroxyl groups is 1. The first kappa shape index (κ1) is 20.8. The predicted molar refractivity (Wildman–Crippen MR) is 97.2 cm³/mol. The van der Waals surface area contributed by atoms with Crippen LogP contribution in [0, 0.1) is 0 Å². The average molecular weight is 417 g/mol. The van der Waals surface area contributed by atoms with Crippen LogP contribution in [0.15, 0.2) is 24.3 Å². The highest BCUT2D eigenvalue weighted by Crippen LogP contribution is 2.32. The van der Waals surface area contributed by atoms with Gasteiger partial charge in [0.05, 0.1) is 24.8 Å². The van der Waals surface area contributed by atoms with E-state index in [2.05, 4.69) is 26.9 Å². The summed E-state index contributed by atoms with van der Waals surface area (Å²) < 4.78 is 52.5. The van der Waals surface area contributed by atoms with Crippen molar-refractivity contribution in [3.63, 3.8) is 0 Å². The Kier molecular flexibility index (Phi) is 6.01. The molecule has 0 radical (unpaired) electrons. The minimum absolute atomic E-state index is 0.248. The Morgan fingerprint density at radius 1 is 1.17 bits per heavy atom. The normalized spacial score (nSPS) is 33.8. The number of fused-ring (bicyclic) bond motifs is 2. The van der Waals surface area contributed by atoms with Crippen LogP contribution in [0.3, 0.4) is 0 Å². The van der Waals surface area contributed by atoms with E-state index in [-0.39, 0.29) is 23.9 Å². The molecule has 0 unspecified atom stereocenters. The van der Waals surface area contributed by atoms with Gasteiger partial charge in [0.15, 0.2) is 6.29 Å². The summed E-state index contributed by atoms with van der Waals surface area (Å²) in [5.74, 6) is -0.260. The number of hydrogen-bond donors (Lipinski definition) is 2. The zero-order valence-electron chi connectivity index (χ0n) is 16.1. The lowest BCUT2D eigenvalue weighted by molar-refractivity contribution is -0.274. The summed E-state index contributed by atoms with van der Waals surface area (Å²) in [6.07, 6.45) is -6.07. The van der Waals surface area contributed by atoms with Gasteiger partial charge in [-0.3, -0.25) is 4.90 Å². The van der Waals surface area contributed by atoms with Gasteiger partial charge in [0.2, 0.25) is 0 Å². The van der Waals surface area contributed by atoms with Gasteiger partial charge in [-0.25, -0.2) is 0 Å². The molecule has 10 heteroatoms.